The zero-order valence-corrected chi connectivity index (χ0v) is 18.2. The first kappa shape index (κ1) is 22.2. The lowest BCUT2D eigenvalue weighted by molar-refractivity contribution is -0.151. The maximum Gasteiger partial charge on any atom is 0.307 e. The van der Waals surface area contributed by atoms with E-state index in [1.165, 1.54) is 17.2 Å². The maximum absolute atomic E-state index is 13.9. The molecule has 0 unspecified atom stereocenters. The number of halogens is 1. The number of rotatable bonds is 7. The zero-order chi connectivity index (χ0) is 21.5. The molecule has 7 heteroatoms. The number of ether oxygens (including phenoxy) is 1. The molecule has 0 radical (unpaired) electrons. The van der Waals surface area contributed by atoms with Gasteiger partial charge in [0.1, 0.15) is 5.82 Å². The van der Waals surface area contributed by atoms with Gasteiger partial charge in [0.2, 0.25) is 0 Å². The van der Waals surface area contributed by atoms with Crippen molar-refractivity contribution in [1.82, 2.24) is 4.90 Å². The second-order valence-electron chi connectivity index (χ2n) is 7.32. The van der Waals surface area contributed by atoms with Crippen molar-refractivity contribution in [2.75, 3.05) is 43.4 Å². The van der Waals surface area contributed by atoms with E-state index in [-0.39, 0.29) is 30.7 Å². The van der Waals surface area contributed by atoms with E-state index in [2.05, 4.69) is 26.0 Å². The highest BCUT2D eigenvalue weighted by Gasteiger charge is 2.23. The fourth-order valence-corrected chi connectivity index (χ4v) is 4.20. The molecule has 0 atom stereocenters. The van der Waals surface area contributed by atoms with Crippen LogP contribution in [0.25, 0.3) is 0 Å². The van der Waals surface area contributed by atoms with Gasteiger partial charge < -0.3 is 14.5 Å². The number of carbonyl (C=O) groups is 2. The summed E-state index contributed by atoms with van der Waals surface area (Å²) in [6.07, 6.45) is 0.256. The van der Waals surface area contributed by atoms with Crippen LogP contribution in [0.3, 0.4) is 0 Å². The molecule has 2 aromatic carbocycles. The molecule has 160 valence electrons. The van der Waals surface area contributed by atoms with Crippen LogP contribution in [0.2, 0.25) is 0 Å². The second kappa shape index (κ2) is 10.5. The first-order chi connectivity index (χ1) is 14.4. The van der Waals surface area contributed by atoms with Crippen molar-refractivity contribution in [3.8, 4) is 0 Å². The van der Waals surface area contributed by atoms with Crippen molar-refractivity contribution in [1.29, 1.82) is 0 Å². The third-order valence-corrected chi connectivity index (χ3v) is 6.23. The third-order valence-electron chi connectivity index (χ3n) is 5.24. The smallest absolute Gasteiger partial charge is 0.307 e. The highest BCUT2D eigenvalue weighted by molar-refractivity contribution is 7.99. The zero-order valence-electron chi connectivity index (χ0n) is 17.4. The summed E-state index contributed by atoms with van der Waals surface area (Å²) in [5.41, 5.74) is 3.02. The number of hydrogen-bond donors (Lipinski definition) is 0. The fourth-order valence-electron chi connectivity index (χ4n) is 3.27. The third kappa shape index (κ3) is 5.98. The van der Waals surface area contributed by atoms with Gasteiger partial charge in [0.25, 0.3) is 5.91 Å². The number of para-hydroxylation sites is 1. The predicted molar refractivity (Wildman–Crippen MR) is 117 cm³/mol. The molecular weight excluding hydrogens is 403 g/mol. The van der Waals surface area contributed by atoms with Gasteiger partial charge in [-0.05, 0) is 49.2 Å². The van der Waals surface area contributed by atoms with E-state index in [1.807, 2.05) is 11.0 Å². The Morgan fingerprint density at radius 2 is 1.77 bits per heavy atom. The average molecular weight is 431 g/mol. The molecule has 1 amide bonds. The molecule has 0 N–H and O–H groups in total. The van der Waals surface area contributed by atoms with Crippen molar-refractivity contribution in [3.63, 3.8) is 0 Å². The summed E-state index contributed by atoms with van der Waals surface area (Å²) in [5.74, 6) is -0.232. The number of nitrogens with zero attached hydrogens (tertiary/aromatic N) is 2. The molecule has 0 saturated carbocycles. The highest BCUT2D eigenvalue weighted by atomic mass is 32.2. The summed E-state index contributed by atoms with van der Waals surface area (Å²) in [6, 6.07) is 12.9. The number of anilines is 1. The van der Waals surface area contributed by atoms with Crippen LogP contribution in [0, 0.1) is 19.7 Å². The number of piperazine rings is 1. The Morgan fingerprint density at radius 3 is 2.47 bits per heavy atom. The van der Waals surface area contributed by atoms with Gasteiger partial charge in [0, 0.05) is 36.8 Å². The predicted octanol–water partition coefficient (Wildman–Crippen LogP) is 3.82. The highest BCUT2D eigenvalue weighted by Crippen LogP contribution is 2.22. The lowest BCUT2D eigenvalue weighted by Gasteiger charge is -2.36. The topological polar surface area (TPSA) is 49.9 Å². The van der Waals surface area contributed by atoms with Crippen molar-refractivity contribution in [3.05, 3.63) is 59.4 Å². The Morgan fingerprint density at radius 1 is 1.03 bits per heavy atom. The quantitative estimate of drug-likeness (QED) is 0.494. The van der Waals surface area contributed by atoms with Crippen LogP contribution in [-0.2, 0) is 14.3 Å². The molecule has 0 bridgehead atoms. The summed E-state index contributed by atoms with van der Waals surface area (Å²) >= 11 is 1.60. The SMILES string of the molecule is Cc1ccc(SCCC(=O)OCC(=O)N2CCN(c3ccccc3F)CC2)cc1C. The molecule has 30 heavy (non-hydrogen) atoms. The van der Waals surface area contributed by atoms with Crippen LogP contribution in [0.1, 0.15) is 17.5 Å². The summed E-state index contributed by atoms with van der Waals surface area (Å²) < 4.78 is 19.1. The summed E-state index contributed by atoms with van der Waals surface area (Å²) in [6.45, 7) is 5.95. The summed E-state index contributed by atoms with van der Waals surface area (Å²) in [5, 5.41) is 0. The van der Waals surface area contributed by atoms with E-state index in [0.29, 0.717) is 37.6 Å². The minimum Gasteiger partial charge on any atom is -0.456 e. The van der Waals surface area contributed by atoms with Crippen LogP contribution in [0.5, 0.6) is 0 Å². The molecule has 1 saturated heterocycles. The lowest BCUT2D eigenvalue weighted by Crippen LogP contribution is -2.50. The van der Waals surface area contributed by atoms with Gasteiger partial charge in [-0.2, -0.15) is 0 Å². The number of carbonyl (C=O) groups excluding carboxylic acids is 2. The summed E-state index contributed by atoms with van der Waals surface area (Å²) in [4.78, 5) is 29.0. The molecule has 0 aromatic heterocycles. The van der Waals surface area contributed by atoms with E-state index in [0.717, 1.165) is 4.90 Å². The van der Waals surface area contributed by atoms with Crippen LogP contribution in [0.4, 0.5) is 10.1 Å². The van der Waals surface area contributed by atoms with Gasteiger partial charge in [-0.25, -0.2) is 4.39 Å². The molecule has 1 heterocycles. The molecule has 1 aliphatic heterocycles. The number of amides is 1. The van der Waals surface area contributed by atoms with Gasteiger partial charge in [-0.3, -0.25) is 9.59 Å². The van der Waals surface area contributed by atoms with Crippen LogP contribution >= 0.6 is 11.8 Å². The van der Waals surface area contributed by atoms with Gasteiger partial charge in [0.15, 0.2) is 6.61 Å². The fraction of sp³-hybridized carbons (Fsp3) is 0.391. The summed E-state index contributed by atoms with van der Waals surface area (Å²) in [7, 11) is 0. The first-order valence-corrected chi connectivity index (χ1v) is 11.1. The normalized spacial score (nSPS) is 14.0. The Balaban J connectivity index is 1.35. The first-order valence-electron chi connectivity index (χ1n) is 10.1. The number of aryl methyl sites for hydroxylation is 2. The molecule has 1 fully saturated rings. The molecule has 2 aromatic rings. The van der Waals surface area contributed by atoms with Crippen molar-refractivity contribution in [2.24, 2.45) is 0 Å². The molecule has 5 nitrogen and oxygen atoms in total. The Hall–Kier alpha value is -2.54. The van der Waals surface area contributed by atoms with Gasteiger partial charge in [-0.15, -0.1) is 11.8 Å². The van der Waals surface area contributed by atoms with E-state index < -0.39 is 0 Å². The van der Waals surface area contributed by atoms with E-state index in [4.69, 9.17) is 4.74 Å². The van der Waals surface area contributed by atoms with Gasteiger partial charge in [0.05, 0.1) is 12.1 Å². The van der Waals surface area contributed by atoms with Gasteiger partial charge >= 0.3 is 5.97 Å². The number of thioether (sulfide) groups is 1. The Kier molecular flexibility index (Phi) is 7.74. The van der Waals surface area contributed by atoms with Crippen LogP contribution < -0.4 is 4.90 Å². The number of hydrogen-bond acceptors (Lipinski definition) is 5. The second-order valence-corrected chi connectivity index (χ2v) is 8.49. The van der Waals surface area contributed by atoms with Gasteiger partial charge in [-0.1, -0.05) is 18.2 Å². The van der Waals surface area contributed by atoms with Crippen LogP contribution in [0.15, 0.2) is 47.4 Å². The van der Waals surface area contributed by atoms with Crippen molar-refractivity contribution in [2.45, 2.75) is 25.2 Å². The minimum absolute atomic E-state index is 0.210. The number of esters is 1. The molecule has 1 aliphatic rings. The van der Waals surface area contributed by atoms with Crippen LogP contribution in [-0.4, -0.2) is 55.3 Å². The molecule has 3 rings (SSSR count). The standard InChI is InChI=1S/C23H27FN2O3S/c1-17-7-8-19(15-18(17)2)30-14-9-23(28)29-16-22(27)26-12-10-25(11-13-26)21-6-4-3-5-20(21)24/h3-8,15H,9-14,16H2,1-2H3. The Labute approximate surface area is 181 Å². The minimum atomic E-state index is -0.371. The molecule has 0 aliphatic carbocycles. The molecular formula is C23H27FN2O3S. The van der Waals surface area contributed by atoms with E-state index >= 15 is 0 Å². The molecule has 0 spiro atoms. The lowest BCUT2D eigenvalue weighted by atomic mass is 10.1. The monoisotopic (exact) mass is 430 g/mol. The van der Waals surface area contributed by atoms with E-state index in [1.54, 1.807) is 34.9 Å². The Bertz CT molecular complexity index is 898. The van der Waals surface area contributed by atoms with E-state index in [9.17, 15) is 14.0 Å². The maximum atomic E-state index is 13.9. The largest absolute Gasteiger partial charge is 0.456 e. The van der Waals surface area contributed by atoms with Crippen molar-refractivity contribution >= 4 is 29.3 Å². The number of benzene rings is 2. The van der Waals surface area contributed by atoms with Crippen molar-refractivity contribution < 1.29 is 18.7 Å². The average Bonchev–Trinajstić information content (AvgIpc) is 2.75.